The van der Waals surface area contributed by atoms with E-state index < -0.39 is 5.60 Å². The number of Topliss-reactive ketones (excluding diaryl/α,β-unsaturated/α-hetero) is 1. The molecule has 0 saturated heterocycles. The van der Waals surface area contributed by atoms with Gasteiger partial charge in [-0.1, -0.05) is 24.3 Å². The lowest BCUT2D eigenvalue weighted by molar-refractivity contribution is -0.115. The Kier molecular flexibility index (Phi) is 3.03. The molecule has 1 unspecified atom stereocenters. The molecular weight excluding hydrogens is 280 g/mol. The number of nitrogens with two attached hydrogens (primary N) is 1. The van der Waals surface area contributed by atoms with E-state index in [-0.39, 0.29) is 22.8 Å². The van der Waals surface area contributed by atoms with Crippen molar-refractivity contribution >= 4 is 11.9 Å². The van der Waals surface area contributed by atoms with Crippen molar-refractivity contribution in [1.82, 2.24) is 0 Å². The summed E-state index contributed by atoms with van der Waals surface area (Å²) < 4.78 is 11.4. The van der Waals surface area contributed by atoms with Crippen LogP contribution in [-0.2, 0) is 9.53 Å². The summed E-state index contributed by atoms with van der Waals surface area (Å²) in [5, 5.41) is 9.50. The first-order valence-corrected chi connectivity index (χ1v) is 6.77. The van der Waals surface area contributed by atoms with Crippen molar-refractivity contribution < 1.29 is 14.3 Å². The summed E-state index contributed by atoms with van der Waals surface area (Å²) in [7, 11) is 0. The third-order valence-electron chi connectivity index (χ3n) is 3.76. The van der Waals surface area contributed by atoms with E-state index in [0.29, 0.717) is 11.5 Å². The molecule has 2 aliphatic rings. The lowest BCUT2D eigenvalue weighted by Crippen LogP contribution is -2.46. The average Bonchev–Trinajstić information content (AvgIpc) is 2.46. The zero-order valence-corrected chi connectivity index (χ0v) is 12.2. The number of nitrogens with zero attached hydrogens (tertiary/aromatic N) is 1. The molecule has 2 aliphatic heterocycles. The van der Waals surface area contributed by atoms with Crippen LogP contribution in [0.2, 0.25) is 0 Å². The second-order valence-corrected chi connectivity index (χ2v) is 5.15. The molecule has 0 radical (unpaired) electrons. The van der Waals surface area contributed by atoms with Gasteiger partial charge in [0.2, 0.25) is 5.88 Å². The Hall–Kier alpha value is -3.00. The van der Waals surface area contributed by atoms with Crippen LogP contribution in [-0.4, -0.2) is 11.4 Å². The minimum Gasteiger partial charge on any atom is -0.472 e. The first-order valence-electron chi connectivity index (χ1n) is 6.77. The summed E-state index contributed by atoms with van der Waals surface area (Å²) in [5.74, 6) is 0.642. The lowest BCUT2D eigenvalue weighted by Gasteiger charge is -2.38. The van der Waals surface area contributed by atoms with E-state index >= 15 is 0 Å². The van der Waals surface area contributed by atoms with Gasteiger partial charge in [-0.05, 0) is 26.0 Å². The predicted octanol–water partition coefficient (Wildman–Crippen LogP) is 2.42. The fourth-order valence-electron chi connectivity index (χ4n) is 2.88. The minimum atomic E-state index is -1.33. The van der Waals surface area contributed by atoms with Gasteiger partial charge < -0.3 is 15.2 Å². The molecule has 5 heteroatoms. The van der Waals surface area contributed by atoms with Crippen LogP contribution in [0.5, 0.6) is 5.75 Å². The quantitative estimate of drug-likeness (QED) is 0.859. The number of carbonyl (C=O) groups is 1. The van der Waals surface area contributed by atoms with Crippen molar-refractivity contribution in [2.24, 2.45) is 5.73 Å². The second-order valence-electron chi connectivity index (χ2n) is 5.15. The molecule has 2 heterocycles. The topological polar surface area (TPSA) is 85.3 Å². The van der Waals surface area contributed by atoms with Crippen molar-refractivity contribution in [3.05, 3.63) is 58.7 Å². The Bertz CT molecular complexity index is 811. The van der Waals surface area contributed by atoms with E-state index in [1.54, 1.807) is 19.1 Å². The summed E-state index contributed by atoms with van der Waals surface area (Å²) in [4.78, 5) is 12.1. The molecule has 110 valence electrons. The molecule has 3 rings (SSSR count). The monoisotopic (exact) mass is 294 g/mol. The van der Waals surface area contributed by atoms with Gasteiger partial charge in [-0.3, -0.25) is 4.79 Å². The summed E-state index contributed by atoms with van der Waals surface area (Å²) in [6.07, 6.45) is 3.51. The number of nitriles is 1. The predicted molar refractivity (Wildman–Crippen MR) is 80.1 cm³/mol. The Labute approximate surface area is 127 Å². The maximum Gasteiger partial charge on any atom is 0.209 e. The van der Waals surface area contributed by atoms with Crippen LogP contribution in [0.4, 0.5) is 0 Å². The molecule has 0 fully saturated rings. The minimum absolute atomic E-state index is 0.0472. The van der Waals surface area contributed by atoms with E-state index in [1.807, 2.05) is 30.3 Å². The maximum absolute atomic E-state index is 12.1. The number of benzene rings is 1. The van der Waals surface area contributed by atoms with E-state index in [1.165, 1.54) is 6.92 Å². The molecule has 0 bridgehead atoms. The normalized spacial score (nSPS) is 22.8. The van der Waals surface area contributed by atoms with Crippen LogP contribution in [0.15, 0.2) is 53.1 Å². The Balaban J connectivity index is 2.27. The summed E-state index contributed by atoms with van der Waals surface area (Å²) in [6.45, 7) is 3.05. The summed E-state index contributed by atoms with van der Waals surface area (Å²) in [5.41, 5.74) is 5.74. The number of para-hydroxylation sites is 1. The summed E-state index contributed by atoms with van der Waals surface area (Å²) in [6, 6.07) is 9.41. The Morgan fingerprint density at radius 1 is 1.36 bits per heavy atom. The number of hydrogen-bond donors (Lipinski definition) is 1. The van der Waals surface area contributed by atoms with Gasteiger partial charge in [-0.25, -0.2) is 0 Å². The van der Waals surface area contributed by atoms with Gasteiger partial charge in [-0.15, -0.1) is 0 Å². The van der Waals surface area contributed by atoms with E-state index in [0.717, 1.165) is 5.56 Å². The zero-order chi connectivity index (χ0) is 15.9. The van der Waals surface area contributed by atoms with Crippen molar-refractivity contribution in [3.63, 3.8) is 0 Å². The number of hydrogen-bond acceptors (Lipinski definition) is 5. The van der Waals surface area contributed by atoms with Crippen molar-refractivity contribution in [3.8, 4) is 11.8 Å². The van der Waals surface area contributed by atoms with Crippen LogP contribution in [0.1, 0.15) is 19.4 Å². The fourth-order valence-corrected chi connectivity index (χ4v) is 2.88. The zero-order valence-electron chi connectivity index (χ0n) is 12.2. The third kappa shape index (κ3) is 1.81. The number of ether oxygens (including phenoxy) is 2. The van der Waals surface area contributed by atoms with E-state index in [4.69, 9.17) is 15.2 Å². The lowest BCUT2D eigenvalue weighted by atomic mass is 9.80. The molecule has 0 amide bonds. The highest BCUT2D eigenvalue weighted by Gasteiger charge is 2.49. The smallest absolute Gasteiger partial charge is 0.209 e. The molecule has 1 spiro atoms. The van der Waals surface area contributed by atoms with E-state index in [2.05, 4.69) is 0 Å². The Morgan fingerprint density at radius 3 is 2.77 bits per heavy atom. The fraction of sp³-hybridized carbons (Fsp3) is 0.176. The van der Waals surface area contributed by atoms with Crippen LogP contribution in [0.3, 0.4) is 0 Å². The number of rotatable bonds is 1. The highest BCUT2D eigenvalue weighted by Crippen LogP contribution is 2.44. The number of ketones is 1. The van der Waals surface area contributed by atoms with Gasteiger partial charge in [0.15, 0.2) is 11.4 Å². The molecule has 5 nitrogen and oxygen atoms in total. The van der Waals surface area contributed by atoms with Gasteiger partial charge in [0, 0.05) is 5.56 Å². The largest absolute Gasteiger partial charge is 0.472 e. The second kappa shape index (κ2) is 4.78. The highest BCUT2D eigenvalue weighted by molar-refractivity contribution is 5.98. The molecular formula is C17H14N2O3. The van der Waals surface area contributed by atoms with Gasteiger partial charge in [-0.2, -0.15) is 5.26 Å². The van der Waals surface area contributed by atoms with Crippen LogP contribution in [0.25, 0.3) is 6.08 Å². The molecule has 1 aromatic rings. The van der Waals surface area contributed by atoms with Gasteiger partial charge >= 0.3 is 0 Å². The maximum atomic E-state index is 12.1. The van der Waals surface area contributed by atoms with Gasteiger partial charge in [0.05, 0.1) is 5.57 Å². The van der Waals surface area contributed by atoms with Crippen LogP contribution >= 0.6 is 0 Å². The SMILES string of the molecule is CC(=O)C1=C(C)OC(N)=C(C#N)C12C=Cc1ccccc1O2. The molecule has 1 aromatic carbocycles. The average molecular weight is 294 g/mol. The molecule has 0 aromatic heterocycles. The molecule has 2 N–H and O–H groups in total. The summed E-state index contributed by atoms with van der Waals surface area (Å²) >= 11 is 0. The standard InChI is InChI=1S/C17H14N2O3/c1-10(20)15-11(2)21-16(19)13(9-18)17(15)8-7-12-5-3-4-6-14(12)22-17/h3-8H,19H2,1-2H3. The van der Waals surface area contributed by atoms with Gasteiger partial charge in [0.25, 0.3) is 0 Å². The van der Waals surface area contributed by atoms with Crippen LogP contribution < -0.4 is 10.5 Å². The third-order valence-corrected chi connectivity index (χ3v) is 3.76. The molecule has 1 atom stereocenters. The van der Waals surface area contributed by atoms with Crippen LogP contribution in [0, 0.1) is 11.3 Å². The van der Waals surface area contributed by atoms with Crippen molar-refractivity contribution in [2.45, 2.75) is 19.4 Å². The number of allylic oxidation sites excluding steroid dienone is 1. The Morgan fingerprint density at radius 2 is 2.09 bits per heavy atom. The first kappa shape index (κ1) is 14.0. The number of fused-ring (bicyclic) bond motifs is 1. The van der Waals surface area contributed by atoms with Crippen molar-refractivity contribution in [2.75, 3.05) is 0 Å². The molecule has 0 aliphatic carbocycles. The molecule has 0 saturated carbocycles. The molecule has 22 heavy (non-hydrogen) atoms. The van der Waals surface area contributed by atoms with Crippen molar-refractivity contribution in [1.29, 1.82) is 5.26 Å². The van der Waals surface area contributed by atoms with E-state index in [9.17, 15) is 10.1 Å². The highest BCUT2D eigenvalue weighted by atomic mass is 16.5. The first-order chi connectivity index (χ1) is 10.5. The number of carbonyl (C=O) groups excluding carboxylic acids is 1. The van der Waals surface area contributed by atoms with Gasteiger partial charge in [0.1, 0.15) is 23.2 Å².